The molecule has 17 heavy (non-hydrogen) atoms. The van der Waals surface area contributed by atoms with Crippen LogP contribution in [0.15, 0.2) is 41.9 Å². The number of carbonyl (C=O) groups is 1. The Hall–Kier alpha value is -1.70. The number of benzene rings is 1. The first kappa shape index (κ1) is 13.4. The second kappa shape index (κ2) is 7.56. The van der Waals surface area contributed by atoms with Gasteiger partial charge in [-0.25, -0.2) is 4.98 Å². The Morgan fingerprint density at radius 1 is 1.29 bits per heavy atom. The smallest absolute Gasteiger partial charge is 0.429 e. The van der Waals surface area contributed by atoms with Crippen molar-refractivity contribution in [1.82, 2.24) is 4.98 Å². The van der Waals surface area contributed by atoms with Gasteiger partial charge in [0, 0.05) is 17.3 Å². The van der Waals surface area contributed by atoms with Gasteiger partial charge >= 0.3 is 7.69 Å². The molecule has 0 saturated carbocycles. The Morgan fingerprint density at radius 3 is 2.47 bits per heavy atom. The monoisotopic (exact) mass is 249 g/mol. The number of para-hydroxylation sites is 1. The molecule has 0 atom stereocenters. The number of nitrogens with zero attached hydrogens (tertiary/aromatic N) is 1. The van der Waals surface area contributed by atoms with E-state index in [1.165, 1.54) is 11.3 Å². The quantitative estimate of drug-likeness (QED) is 0.690. The molecule has 0 aliphatic heterocycles. The maximum atomic E-state index is 11.5. The zero-order valence-corrected chi connectivity index (χ0v) is 9.59. The fourth-order valence-electron chi connectivity index (χ4n) is 1.04. The highest BCUT2D eigenvalue weighted by Gasteiger charge is 2.07. The molecule has 0 fully saturated rings. The summed E-state index contributed by atoms with van der Waals surface area (Å²) in [5, 5.41) is 19.0. The average molecular weight is 249 g/mol. The van der Waals surface area contributed by atoms with Gasteiger partial charge in [0.15, 0.2) is 5.01 Å². The Morgan fingerprint density at radius 2 is 1.94 bits per heavy atom. The minimum atomic E-state index is -0.161. The van der Waals surface area contributed by atoms with E-state index in [4.69, 9.17) is 10.0 Å². The normalized spacial score (nSPS) is 8.82. The van der Waals surface area contributed by atoms with Crippen molar-refractivity contribution in [2.75, 3.05) is 5.32 Å². The van der Waals surface area contributed by atoms with Crippen LogP contribution in [0.3, 0.4) is 0 Å². The fourth-order valence-corrected chi connectivity index (χ4v) is 1.57. The molecule has 1 aromatic heterocycles. The summed E-state index contributed by atoms with van der Waals surface area (Å²) in [7, 11) is 0. The molecule has 3 N–H and O–H groups in total. The number of thiazole rings is 1. The lowest BCUT2D eigenvalue weighted by Crippen LogP contribution is -2.10. The first-order valence-corrected chi connectivity index (χ1v) is 5.52. The second-order valence-electron chi connectivity index (χ2n) is 2.77. The van der Waals surface area contributed by atoms with Crippen LogP contribution in [-0.4, -0.2) is 28.6 Å². The van der Waals surface area contributed by atoms with Gasteiger partial charge in [0.1, 0.15) is 0 Å². The first-order valence-electron chi connectivity index (χ1n) is 4.64. The largest absolute Gasteiger partial charge is 0.482 e. The molecule has 87 valence electrons. The average Bonchev–Trinajstić information content (AvgIpc) is 2.85. The van der Waals surface area contributed by atoms with Crippen molar-refractivity contribution in [2.45, 2.75) is 0 Å². The molecular weight excluding hydrogens is 239 g/mol. The number of hydrogen-bond donors (Lipinski definition) is 3. The van der Waals surface area contributed by atoms with Crippen molar-refractivity contribution in [2.24, 2.45) is 0 Å². The summed E-state index contributed by atoms with van der Waals surface area (Å²) in [6, 6.07) is 9.32. The minimum absolute atomic E-state index is 0. The number of amides is 1. The highest BCUT2D eigenvalue weighted by Crippen LogP contribution is 2.09. The predicted molar refractivity (Wildman–Crippen MR) is 66.7 cm³/mol. The van der Waals surface area contributed by atoms with E-state index in [0.29, 0.717) is 5.01 Å². The molecule has 1 aromatic carbocycles. The van der Waals surface area contributed by atoms with E-state index in [1.807, 2.05) is 30.3 Å². The van der Waals surface area contributed by atoms with Gasteiger partial charge in [0.2, 0.25) is 0 Å². The molecule has 7 heteroatoms. The fraction of sp³-hybridized carbons (Fsp3) is 0. The highest BCUT2D eigenvalue weighted by molar-refractivity contribution is 7.11. The molecule has 0 bridgehead atoms. The number of nitrogens with one attached hydrogen (secondary N) is 1. The first-order chi connectivity index (χ1) is 8.27. The molecule has 1 heterocycles. The third kappa shape index (κ3) is 4.77. The van der Waals surface area contributed by atoms with Gasteiger partial charge in [-0.15, -0.1) is 11.3 Å². The van der Waals surface area contributed by atoms with Gasteiger partial charge < -0.3 is 15.4 Å². The van der Waals surface area contributed by atoms with Crippen LogP contribution in [0.25, 0.3) is 0 Å². The molecule has 5 nitrogen and oxygen atoms in total. The maximum absolute atomic E-state index is 11.5. The minimum Gasteiger partial charge on any atom is -0.429 e. The number of hydrogen-bond acceptors (Lipinski definition) is 5. The van der Waals surface area contributed by atoms with Gasteiger partial charge in [-0.3, -0.25) is 4.79 Å². The molecule has 0 aliphatic rings. The van der Waals surface area contributed by atoms with E-state index in [0.717, 1.165) is 5.69 Å². The summed E-state index contributed by atoms with van der Waals surface area (Å²) in [5.41, 5.74) is 0.785. The lowest BCUT2D eigenvalue weighted by Gasteiger charge is -2.00. The maximum Gasteiger partial charge on any atom is 0.482 e. The Balaban J connectivity index is 0.000000437. The molecule has 0 unspecified atom stereocenters. The van der Waals surface area contributed by atoms with E-state index in [1.54, 1.807) is 11.6 Å². The molecule has 2 rings (SSSR count). The van der Waals surface area contributed by atoms with Gasteiger partial charge in [-0.2, -0.15) is 0 Å². The third-order valence-corrected chi connectivity index (χ3v) is 2.43. The summed E-state index contributed by atoms with van der Waals surface area (Å²) in [6.45, 7) is 0. The van der Waals surface area contributed by atoms with Gasteiger partial charge in [0.25, 0.3) is 5.91 Å². The number of aromatic nitrogens is 1. The van der Waals surface area contributed by atoms with Crippen LogP contribution in [0, 0.1) is 0 Å². The summed E-state index contributed by atoms with van der Waals surface area (Å²) in [5.74, 6) is -0.161. The van der Waals surface area contributed by atoms with Crippen molar-refractivity contribution < 1.29 is 14.8 Å². The highest BCUT2D eigenvalue weighted by atomic mass is 32.1. The van der Waals surface area contributed by atoms with Gasteiger partial charge in [-0.1, -0.05) is 18.2 Å². The zero-order chi connectivity index (χ0) is 12.5. The molecule has 2 aromatic rings. The van der Waals surface area contributed by atoms with Crippen LogP contribution >= 0.6 is 11.3 Å². The van der Waals surface area contributed by atoms with Crippen LogP contribution in [0.2, 0.25) is 0 Å². The number of rotatable bonds is 2. The van der Waals surface area contributed by atoms with E-state index in [-0.39, 0.29) is 13.6 Å². The van der Waals surface area contributed by atoms with Crippen molar-refractivity contribution >= 4 is 30.6 Å². The van der Waals surface area contributed by atoms with Crippen LogP contribution < -0.4 is 5.32 Å². The van der Waals surface area contributed by atoms with Crippen LogP contribution in [-0.2, 0) is 0 Å². The van der Waals surface area contributed by atoms with Crippen LogP contribution in [0.1, 0.15) is 9.80 Å². The molecule has 1 amide bonds. The van der Waals surface area contributed by atoms with E-state index >= 15 is 0 Å². The molecule has 0 saturated heterocycles. The Bertz CT molecular complexity index is 436. The van der Waals surface area contributed by atoms with Crippen molar-refractivity contribution in [3.05, 3.63) is 46.9 Å². The molecule has 0 spiro atoms. The lowest BCUT2D eigenvalue weighted by molar-refractivity contribution is 0.102. The van der Waals surface area contributed by atoms with Crippen molar-refractivity contribution in [1.29, 1.82) is 0 Å². The topological polar surface area (TPSA) is 82.5 Å². The summed E-state index contributed by atoms with van der Waals surface area (Å²) >= 11 is 1.33. The predicted octanol–water partition coefficient (Wildman–Crippen LogP) is 0.901. The second-order valence-corrected chi connectivity index (χ2v) is 3.67. The van der Waals surface area contributed by atoms with E-state index < -0.39 is 0 Å². The summed E-state index contributed by atoms with van der Waals surface area (Å²) < 4.78 is 0. The SMILES string of the molecule is O=C(Nc1ccccc1)c1nccs1.O[B]O. The number of anilines is 1. The van der Waals surface area contributed by atoms with Crippen molar-refractivity contribution in [3.63, 3.8) is 0 Å². The zero-order valence-electron chi connectivity index (χ0n) is 8.78. The third-order valence-electron chi connectivity index (χ3n) is 1.66. The Kier molecular flexibility index (Phi) is 5.94. The van der Waals surface area contributed by atoms with E-state index in [9.17, 15) is 4.79 Å². The molecular formula is C10H10BN2O3S. The van der Waals surface area contributed by atoms with Gasteiger partial charge in [-0.05, 0) is 12.1 Å². The van der Waals surface area contributed by atoms with Gasteiger partial charge in [0.05, 0.1) is 0 Å². The van der Waals surface area contributed by atoms with E-state index in [2.05, 4.69) is 10.3 Å². The van der Waals surface area contributed by atoms with Crippen molar-refractivity contribution in [3.8, 4) is 0 Å². The van der Waals surface area contributed by atoms with Crippen LogP contribution in [0.4, 0.5) is 5.69 Å². The summed E-state index contributed by atoms with van der Waals surface area (Å²) in [6.07, 6.45) is 1.62. The lowest BCUT2D eigenvalue weighted by atomic mass is 10.3. The molecule has 1 radical (unpaired) electrons. The summed E-state index contributed by atoms with van der Waals surface area (Å²) in [4.78, 5) is 15.4. The standard InChI is InChI=1S/C10H8N2OS.BH2O2/c13-9(10-11-6-7-14-10)12-8-4-2-1-3-5-8;2-1-3/h1-7H,(H,12,13);2-3H. The Labute approximate surface area is 103 Å². The number of carbonyl (C=O) groups excluding carboxylic acids is 1. The molecule has 0 aliphatic carbocycles. The van der Waals surface area contributed by atoms with Crippen LogP contribution in [0.5, 0.6) is 0 Å².